The molecule has 0 aliphatic heterocycles. The van der Waals surface area contributed by atoms with E-state index in [1.54, 1.807) is 0 Å². The third kappa shape index (κ3) is 5.52. The van der Waals surface area contributed by atoms with Gasteiger partial charge in [-0.15, -0.1) is 0 Å². The summed E-state index contributed by atoms with van der Waals surface area (Å²) in [6, 6.07) is 23.4. The molecule has 0 aliphatic rings. The first-order valence-corrected chi connectivity index (χ1v) is 11.3. The van der Waals surface area contributed by atoms with E-state index in [1.807, 2.05) is 80.6 Å². The first-order chi connectivity index (χ1) is 16.2. The molecule has 0 saturated heterocycles. The van der Waals surface area contributed by atoms with Crippen LogP contribution < -0.4 is 14.8 Å². The number of fused-ring (bicyclic) bond motifs is 1. The van der Waals surface area contributed by atoms with Crippen LogP contribution in [-0.4, -0.2) is 35.2 Å². The van der Waals surface area contributed by atoms with Gasteiger partial charge in [-0.1, -0.05) is 42.0 Å². The number of nitrogens with one attached hydrogen (secondary N) is 1. The fourth-order valence-corrected chi connectivity index (χ4v) is 3.83. The van der Waals surface area contributed by atoms with E-state index in [0.717, 1.165) is 33.9 Å². The predicted molar refractivity (Wildman–Crippen MR) is 130 cm³/mol. The fourth-order valence-electron chi connectivity index (χ4n) is 3.83. The van der Waals surface area contributed by atoms with Gasteiger partial charge in [-0.2, -0.15) is 0 Å². The van der Waals surface area contributed by atoms with E-state index in [2.05, 4.69) is 16.0 Å². The number of amides is 1. The van der Waals surface area contributed by atoms with Crippen molar-refractivity contribution in [3.63, 3.8) is 0 Å². The van der Waals surface area contributed by atoms with Crippen molar-refractivity contribution in [2.75, 3.05) is 19.8 Å². The largest absolute Gasteiger partial charge is 0.490 e. The molecule has 33 heavy (non-hydrogen) atoms. The number of aromatic nitrogens is 2. The van der Waals surface area contributed by atoms with Crippen LogP contribution in [0.5, 0.6) is 11.5 Å². The van der Waals surface area contributed by atoms with E-state index in [9.17, 15) is 4.79 Å². The standard InChI is InChI=1S/C27H29N3O3/c1-3-32-24-13-6-7-14-25(24)33-18-17-30-23-12-5-4-11-22(23)29-26(30)15-16-28-27(31)21-10-8-9-20(2)19-21/h4-14,19H,3,15-18H2,1-2H3,(H,28,31). The van der Waals surface area contributed by atoms with Gasteiger partial charge in [-0.05, 0) is 50.2 Å². The Morgan fingerprint density at radius 3 is 2.52 bits per heavy atom. The molecule has 4 aromatic rings. The van der Waals surface area contributed by atoms with E-state index < -0.39 is 0 Å². The molecular weight excluding hydrogens is 414 g/mol. The molecule has 0 spiro atoms. The molecule has 1 amide bonds. The molecule has 0 aliphatic carbocycles. The first kappa shape index (κ1) is 22.4. The van der Waals surface area contributed by atoms with E-state index in [-0.39, 0.29) is 5.91 Å². The van der Waals surface area contributed by atoms with Crippen LogP contribution in [0, 0.1) is 6.92 Å². The summed E-state index contributed by atoms with van der Waals surface area (Å²) in [4.78, 5) is 17.3. The highest BCUT2D eigenvalue weighted by Gasteiger charge is 2.12. The molecule has 0 radical (unpaired) electrons. The van der Waals surface area contributed by atoms with Gasteiger partial charge < -0.3 is 19.4 Å². The number of benzene rings is 3. The molecule has 0 fully saturated rings. The van der Waals surface area contributed by atoms with Gasteiger partial charge in [0.15, 0.2) is 11.5 Å². The van der Waals surface area contributed by atoms with Crippen molar-refractivity contribution in [2.24, 2.45) is 0 Å². The van der Waals surface area contributed by atoms with Gasteiger partial charge in [0.2, 0.25) is 0 Å². The summed E-state index contributed by atoms with van der Waals surface area (Å²) in [5, 5.41) is 3.01. The summed E-state index contributed by atoms with van der Waals surface area (Å²) in [7, 11) is 0. The third-order valence-corrected chi connectivity index (χ3v) is 5.37. The number of aryl methyl sites for hydroxylation is 1. The van der Waals surface area contributed by atoms with E-state index in [0.29, 0.717) is 38.3 Å². The number of imidazole rings is 1. The molecule has 0 bridgehead atoms. The van der Waals surface area contributed by atoms with E-state index >= 15 is 0 Å². The molecule has 1 heterocycles. The number of hydrogen-bond acceptors (Lipinski definition) is 4. The molecule has 6 heteroatoms. The van der Waals surface area contributed by atoms with Gasteiger partial charge in [-0.3, -0.25) is 4.79 Å². The van der Waals surface area contributed by atoms with Crippen molar-refractivity contribution in [3.8, 4) is 11.5 Å². The molecule has 0 saturated carbocycles. The van der Waals surface area contributed by atoms with Crippen LogP contribution in [0.2, 0.25) is 0 Å². The van der Waals surface area contributed by atoms with Gasteiger partial charge in [-0.25, -0.2) is 4.98 Å². The van der Waals surface area contributed by atoms with Crippen molar-refractivity contribution in [2.45, 2.75) is 26.8 Å². The Morgan fingerprint density at radius 1 is 0.970 bits per heavy atom. The second kappa shape index (κ2) is 10.7. The van der Waals surface area contributed by atoms with Crippen LogP contribution in [0.1, 0.15) is 28.7 Å². The fraction of sp³-hybridized carbons (Fsp3) is 0.259. The van der Waals surface area contributed by atoms with Crippen molar-refractivity contribution in [3.05, 3.63) is 89.7 Å². The molecule has 0 atom stereocenters. The van der Waals surface area contributed by atoms with Crippen LogP contribution in [0.25, 0.3) is 11.0 Å². The lowest BCUT2D eigenvalue weighted by Gasteiger charge is -2.14. The maximum absolute atomic E-state index is 12.5. The monoisotopic (exact) mass is 443 g/mol. The second-order valence-electron chi connectivity index (χ2n) is 7.77. The summed E-state index contributed by atoms with van der Waals surface area (Å²) in [5.41, 5.74) is 3.73. The van der Waals surface area contributed by atoms with E-state index in [4.69, 9.17) is 14.5 Å². The van der Waals surface area contributed by atoms with Crippen LogP contribution in [0.3, 0.4) is 0 Å². The zero-order valence-electron chi connectivity index (χ0n) is 19.1. The maximum atomic E-state index is 12.5. The number of carbonyl (C=O) groups excluding carboxylic acids is 1. The second-order valence-corrected chi connectivity index (χ2v) is 7.77. The number of carbonyl (C=O) groups is 1. The Morgan fingerprint density at radius 2 is 1.73 bits per heavy atom. The number of nitrogens with zero attached hydrogens (tertiary/aromatic N) is 2. The van der Waals surface area contributed by atoms with Gasteiger partial charge in [0.1, 0.15) is 12.4 Å². The normalized spacial score (nSPS) is 10.8. The molecule has 3 aromatic carbocycles. The third-order valence-electron chi connectivity index (χ3n) is 5.37. The molecule has 170 valence electrons. The average Bonchev–Trinajstić information content (AvgIpc) is 3.17. The summed E-state index contributed by atoms with van der Waals surface area (Å²) >= 11 is 0. The number of rotatable bonds is 10. The first-order valence-electron chi connectivity index (χ1n) is 11.3. The van der Waals surface area contributed by atoms with Gasteiger partial charge in [0.25, 0.3) is 5.91 Å². The maximum Gasteiger partial charge on any atom is 0.251 e. The molecule has 1 N–H and O–H groups in total. The van der Waals surface area contributed by atoms with Crippen LogP contribution in [-0.2, 0) is 13.0 Å². The minimum absolute atomic E-state index is 0.0720. The highest BCUT2D eigenvalue weighted by molar-refractivity contribution is 5.94. The molecule has 6 nitrogen and oxygen atoms in total. The van der Waals surface area contributed by atoms with Crippen molar-refractivity contribution < 1.29 is 14.3 Å². The lowest BCUT2D eigenvalue weighted by molar-refractivity contribution is 0.0953. The minimum Gasteiger partial charge on any atom is -0.490 e. The van der Waals surface area contributed by atoms with Crippen molar-refractivity contribution in [1.29, 1.82) is 0 Å². The van der Waals surface area contributed by atoms with Crippen LogP contribution in [0.15, 0.2) is 72.8 Å². The minimum atomic E-state index is -0.0720. The molecular formula is C27H29N3O3. The summed E-state index contributed by atoms with van der Waals surface area (Å²) in [6.07, 6.45) is 0.627. The van der Waals surface area contributed by atoms with Crippen molar-refractivity contribution >= 4 is 16.9 Å². The zero-order valence-corrected chi connectivity index (χ0v) is 19.1. The summed E-state index contributed by atoms with van der Waals surface area (Å²) < 4.78 is 13.9. The van der Waals surface area contributed by atoms with Gasteiger partial charge in [0.05, 0.1) is 24.2 Å². The Hall–Kier alpha value is -3.80. The smallest absolute Gasteiger partial charge is 0.251 e. The lowest BCUT2D eigenvalue weighted by Crippen LogP contribution is -2.26. The zero-order chi connectivity index (χ0) is 23.0. The van der Waals surface area contributed by atoms with Crippen LogP contribution >= 0.6 is 0 Å². The quantitative estimate of drug-likeness (QED) is 0.383. The molecule has 1 aromatic heterocycles. The van der Waals surface area contributed by atoms with Gasteiger partial charge >= 0.3 is 0 Å². The Balaban J connectivity index is 1.43. The number of ether oxygens (including phenoxy) is 2. The Labute approximate surface area is 194 Å². The molecule has 0 unspecified atom stereocenters. The van der Waals surface area contributed by atoms with Crippen LogP contribution in [0.4, 0.5) is 0 Å². The highest BCUT2D eigenvalue weighted by Crippen LogP contribution is 2.26. The number of hydrogen-bond donors (Lipinski definition) is 1. The number of para-hydroxylation sites is 4. The Bertz CT molecular complexity index is 1230. The Kier molecular flexibility index (Phi) is 7.25. The summed E-state index contributed by atoms with van der Waals surface area (Å²) in [6.45, 7) is 6.15. The topological polar surface area (TPSA) is 65.4 Å². The van der Waals surface area contributed by atoms with E-state index in [1.165, 1.54) is 0 Å². The molecule has 4 rings (SSSR count). The lowest BCUT2D eigenvalue weighted by atomic mass is 10.1. The predicted octanol–water partition coefficient (Wildman–Crippen LogP) is 4.79. The average molecular weight is 444 g/mol. The highest BCUT2D eigenvalue weighted by atomic mass is 16.5. The summed E-state index contributed by atoms with van der Waals surface area (Å²) in [5.74, 6) is 2.32. The SMILES string of the molecule is CCOc1ccccc1OCCn1c(CCNC(=O)c2cccc(C)c2)nc2ccccc21. The van der Waals surface area contributed by atoms with Crippen molar-refractivity contribution in [1.82, 2.24) is 14.9 Å². The van der Waals surface area contributed by atoms with Gasteiger partial charge in [0, 0.05) is 18.5 Å².